The van der Waals surface area contributed by atoms with Crippen LogP contribution in [0.5, 0.6) is 0 Å². The summed E-state index contributed by atoms with van der Waals surface area (Å²) in [4.78, 5) is 15.4. The number of pyridine rings is 1. The molecule has 2 aromatic heterocycles. The average Bonchev–Trinajstić information content (AvgIpc) is 2.71. The minimum atomic E-state index is -0.313. The summed E-state index contributed by atoms with van der Waals surface area (Å²) in [6, 6.07) is 1.55. The predicted molar refractivity (Wildman–Crippen MR) is 56.5 cm³/mol. The molecule has 0 spiro atoms. The number of nitrogens with two attached hydrogens (primary N) is 1. The van der Waals surface area contributed by atoms with Gasteiger partial charge in [-0.25, -0.2) is 0 Å². The van der Waals surface area contributed by atoms with E-state index in [0.717, 1.165) is 0 Å². The minimum absolute atomic E-state index is 0.313. The number of nitrogens with one attached hydrogen (secondary N) is 1. The minimum Gasteiger partial charge on any atom is -0.397 e. The fourth-order valence-electron chi connectivity index (χ4n) is 1.01. The molecular formula is C8H7N5OS. The van der Waals surface area contributed by atoms with Crippen LogP contribution in [-0.2, 0) is 0 Å². The second kappa shape index (κ2) is 4.01. The first-order valence-corrected chi connectivity index (χ1v) is 4.92. The molecule has 0 aliphatic heterocycles. The van der Waals surface area contributed by atoms with Gasteiger partial charge in [-0.15, -0.1) is 10.2 Å². The Hall–Kier alpha value is -2.02. The molecule has 2 heterocycles. The van der Waals surface area contributed by atoms with Crippen LogP contribution in [0.4, 0.5) is 10.8 Å². The van der Waals surface area contributed by atoms with Gasteiger partial charge in [-0.3, -0.25) is 15.1 Å². The molecule has 0 aromatic carbocycles. The molecule has 76 valence electrons. The van der Waals surface area contributed by atoms with Crippen LogP contribution in [0.3, 0.4) is 0 Å². The van der Waals surface area contributed by atoms with Crippen LogP contribution in [0, 0.1) is 0 Å². The largest absolute Gasteiger partial charge is 0.397 e. The highest BCUT2D eigenvalue weighted by Crippen LogP contribution is 2.13. The molecule has 0 saturated heterocycles. The van der Waals surface area contributed by atoms with Gasteiger partial charge in [0.2, 0.25) is 5.13 Å². The highest BCUT2D eigenvalue weighted by atomic mass is 32.1. The summed E-state index contributed by atoms with van der Waals surface area (Å²) >= 11 is 1.24. The van der Waals surface area contributed by atoms with Gasteiger partial charge in [0.05, 0.1) is 17.4 Å². The van der Waals surface area contributed by atoms with E-state index in [1.165, 1.54) is 29.2 Å². The molecule has 1 amide bonds. The van der Waals surface area contributed by atoms with Crippen molar-refractivity contribution in [3.8, 4) is 0 Å². The van der Waals surface area contributed by atoms with Crippen LogP contribution in [0.1, 0.15) is 10.4 Å². The Morgan fingerprint density at radius 3 is 3.07 bits per heavy atom. The Morgan fingerprint density at radius 2 is 2.40 bits per heavy atom. The smallest absolute Gasteiger partial charge is 0.259 e. The highest BCUT2D eigenvalue weighted by molar-refractivity contribution is 7.13. The van der Waals surface area contributed by atoms with Gasteiger partial charge in [0, 0.05) is 6.20 Å². The van der Waals surface area contributed by atoms with Crippen LogP contribution in [0.25, 0.3) is 0 Å². The number of amides is 1. The molecule has 0 aliphatic carbocycles. The number of carbonyl (C=O) groups is 1. The maximum Gasteiger partial charge on any atom is 0.259 e. The van der Waals surface area contributed by atoms with Gasteiger partial charge < -0.3 is 5.73 Å². The molecule has 6 nitrogen and oxygen atoms in total. The van der Waals surface area contributed by atoms with Crippen molar-refractivity contribution in [3.63, 3.8) is 0 Å². The zero-order valence-electron chi connectivity index (χ0n) is 7.54. The SMILES string of the molecule is Nc1cnccc1C(=O)Nc1nncs1. The Bertz CT molecular complexity index is 470. The number of hydrogen-bond donors (Lipinski definition) is 2. The van der Waals surface area contributed by atoms with E-state index in [-0.39, 0.29) is 5.91 Å². The van der Waals surface area contributed by atoms with Crippen molar-refractivity contribution < 1.29 is 4.79 Å². The third-order valence-corrected chi connectivity index (χ3v) is 2.28. The summed E-state index contributed by atoms with van der Waals surface area (Å²) in [5, 5.41) is 10.3. The number of nitrogen functional groups attached to an aromatic ring is 1. The molecule has 0 bridgehead atoms. The topological polar surface area (TPSA) is 93.8 Å². The van der Waals surface area contributed by atoms with E-state index in [0.29, 0.717) is 16.4 Å². The number of hydrogen-bond acceptors (Lipinski definition) is 6. The van der Waals surface area contributed by atoms with E-state index >= 15 is 0 Å². The molecule has 0 fully saturated rings. The fraction of sp³-hybridized carbons (Fsp3) is 0. The van der Waals surface area contributed by atoms with Crippen molar-refractivity contribution in [1.82, 2.24) is 15.2 Å². The fourth-order valence-corrected chi connectivity index (χ4v) is 1.45. The second-order valence-electron chi connectivity index (χ2n) is 2.66. The number of rotatable bonds is 2. The van der Waals surface area contributed by atoms with Gasteiger partial charge in [0.25, 0.3) is 5.91 Å². The van der Waals surface area contributed by atoms with Gasteiger partial charge in [-0.1, -0.05) is 11.3 Å². The molecule has 0 radical (unpaired) electrons. The van der Waals surface area contributed by atoms with Gasteiger partial charge in [0.15, 0.2) is 0 Å². The van der Waals surface area contributed by atoms with Gasteiger partial charge in [0.1, 0.15) is 5.51 Å². The van der Waals surface area contributed by atoms with Crippen molar-refractivity contribution in [2.75, 3.05) is 11.1 Å². The van der Waals surface area contributed by atoms with Gasteiger partial charge >= 0.3 is 0 Å². The van der Waals surface area contributed by atoms with E-state index in [2.05, 4.69) is 20.5 Å². The van der Waals surface area contributed by atoms with Crippen molar-refractivity contribution in [1.29, 1.82) is 0 Å². The maximum absolute atomic E-state index is 11.7. The van der Waals surface area contributed by atoms with E-state index in [1.54, 1.807) is 6.07 Å². The summed E-state index contributed by atoms with van der Waals surface area (Å²) in [6.07, 6.45) is 2.93. The Labute approximate surface area is 89.2 Å². The van der Waals surface area contributed by atoms with E-state index in [9.17, 15) is 4.79 Å². The van der Waals surface area contributed by atoms with Crippen LogP contribution in [0.2, 0.25) is 0 Å². The molecule has 7 heteroatoms. The molecule has 0 saturated carbocycles. The highest BCUT2D eigenvalue weighted by Gasteiger charge is 2.10. The van der Waals surface area contributed by atoms with Crippen molar-refractivity contribution in [2.45, 2.75) is 0 Å². The van der Waals surface area contributed by atoms with Crippen LogP contribution in [-0.4, -0.2) is 21.1 Å². The molecule has 2 aromatic rings. The third kappa shape index (κ3) is 2.08. The van der Waals surface area contributed by atoms with E-state index < -0.39 is 0 Å². The first-order valence-electron chi connectivity index (χ1n) is 4.04. The predicted octanol–water partition coefficient (Wildman–Crippen LogP) is 0.768. The molecule has 15 heavy (non-hydrogen) atoms. The standard InChI is InChI=1S/C8H7N5OS/c9-6-3-10-2-1-5(6)7(14)12-8-13-11-4-15-8/h1-4H,9H2,(H,12,13,14). The van der Waals surface area contributed by atoms with Crippen LogP contribution in [0.15, 0.2) is 24.0 Å². The second-order valence-corrected chi connectivity index (χ2v) is 3.49. The molecule has 0 unspecified atom stereocenters. The van der Waals surface area contributed by atoms with E-state index in [4.69, 9.17) is 5.73 Å². The normalized spacial score (nSPS) is 9.87. The van der Waals surface area contributed by atoms with Gasteiger partial charge in [-0.05, 0) is 6.07 Å². The van der Waals surface area contributed by atoms with Gasteiger partial charge in [-0.2, -0.15) is 0 Å². The maximum atomic E-state index is 11.7. The molecular weight excluding hydrogens is 214 g/mol. The van der Waals surface area contributed by atoms with Crippen LogP contribution >= 0.6 is 11.3 Å². The monoisotopic (exact) mass is 221 g/mol. The Kier molecular flexibility index (Phi) is 2.55. The molecule has 3 N–H and O–H groups in total. The first-order chi connectivity index (χ1) is 7.27. The lowest BCUT2D eigenvalue weighted by atomic mass is 10.2. The zero-order chi connectivity index (χ0) is 10.7. The third-order valence-electron chi connectivity index (χ3n) is 1.68. The molecule has 2 rings (SSSR count). The Balaban J connectivity index is 2.19. The van der Waals surface area contributed by atoms with Crippen molar-refractivity contribution in [2.24, 2.45) is 0 Å². The number of aromatic nitrogens is 3. The number of nitrogens with zero attached hydrogens (tertiary/aromatic N) is 3. The Morgan fingerprint density at radius 1 is 1.53 bits per heavy atom. The summed E-state index contributed by atoms with van der Waals surface area (Å²) in [5.74, 6) is -0.313. The molecule has 0 aliphatic rings. The quantitative estimate of drug-likeness (QED) is 0.781. The first kappa shape index (κ1) is 9.53. The summed E-state index contributed by atoms with van der Waals surface area (Å²) in [7, 11) is 0. The van der Waals surface area contributed by atoms with Crippen molar-refractivity contribution in [3.05, 3.63) is 29.5 Å². The lowest BCUT2D eigenvalue weighted by Gasteiger charge is -2.03. The average molecular weight is 221 g/mol. The summed E-state index contributed by atoms with van der Waals surface area (Å²) in [5.41, 5.74) is 7.84. The lowest BCUT2D eigenvalue weighted by Crippen LogP contribution is -2.14. The number of carbonyl (C=O) groups excluding carboxylic acids is 1. The summed E-state index contributed by atoms with van der Waals surface area (Å²) in [6.45, 7) is 0. The summed E-state index contributed by atoms with van der Waals surface area (Å²) < 4.78 is 0. The van der Waals surface area contributed by atoms with E-state index in [1.807, 2.05) is 0 Å². The zero-order valence-corrected chi connectivity index (χ0v) is 8.36. The number of anilines is 2. The lowest BCUT2D eigenvalue weighted by molar-refractivity contribution is 0.102. The van der Waals surface area contributed by atoms with Crippen LogP contribution < -0.4 is 11.1 Å². The van der Waals surface area contributed by atoms with Crippen molar-refractivity contribution >= 4 is 28.1 Å². The molecule has 0 atom stereocenters.